The van der Waals surface area contributed by atoms with E-state index in [4.69, 9.17) is 0 Å². The summed E-state index contributed by atoms with van der Waals surface area (Å²) in [7, 11) is 0. The molecule has 0 saturated heterocycles. The highest BCUT2D eigenvalue weighted by Crippen LogP contribution is 1.66. The Morgan fingerprint density at radius 1 is 0.917 bits per heavy atom. The molecule has 0 fully saturated rings. The standard InChI is InChI=1S/2C4H8.C4H6/c3*1-3-4-2/h3-4H,1-2H3;3H,1,4H2,2H3;3-4H,1-2H2. The zero-order valence-corrected chi connectivity index (χ0v) is 8.72. The molecule has 0 aromatic carbocycles. The molecule has 0 unspecified atom stereocenters. The first-order chi connectivity index (χ1) is 5.74. The molecule has 12 heavy (non-hydrogen) atoms. The number of hydrogen-bond donors (Lipinski definition) is 0. The molecule has 0 aromatic heterocycles. The van der Waals surface area contributed by atoms with Crippen LogP contribution in [0.15, 0.2) is 50.1 Å². The Morgan fingerprint density at radius 2 is 1.17 bits per heavy atom. The molecule has 0 aromatic rings. The monoisotopic (exact) mass is 166 g/mol. The first kappa shape index (κ1) is 17.2. The van der Waals surface area contributed by atoms with Crippen LogP contribution in [-0.2, 0) is 0 Å². The molecule has 0 aliphatic heterocycles. The Bertz CT molecular complexity index is 97.2. The van der Waals surface area contributed by atoms with Gasteiger partial charge in [-0.05, 0) is 20.3 Å². The van der Waals surface area contributed by atoms with Crippen LogP contribution in [0.3, 0.4) is 0 Å². The van der Waals surface area contributed by atoms with Crippen LogP contribution in [-0.4, -0.2) is 0 Å². The third kappa shape index (κ3) is 148. The summed E-state index contributed by atoms with van der Waals surface area (Å²) in [5.41, 5.74) is 0. The fourth-order valence-electron chi connectivity index (χ4n) is 0. The van der Waals surface area contributed by atoms with Crippen LogP contribution in [0.25, 0.3) is 0 Å². The second-order valence-corrected chi connectivity index (χ2v) is 1.83. The molecule has 0 amide bonds. The Morgan fingerprint density at radius 3 is 1.17 bits per heavy atom. The van der Waals surface area contributed by atoms with E-state index in [1.807, 2.05) is 32.1 Å². The average Bonchev–Trinajstić information content (AvgIpc) is 2.18. The van der Waals surface area contributed by atoms with Crippen LogP contribution in [0.4, 0.5) is 0 Å². The van der Waals surface area contributed by atoms with Gasteiger partial charge in [0, 0.05) is 0 Å². The second-order valence-electron chi connectivity index (χ2n) is 1.83. The van der Waals surface area contributed by atoms with Gasteiger partial charge in [-0.2, -0.15) is 0 Å². The normalized spacial score (nSPS) is 6.92. The van der Waals surface area contributed by atoms with Gasteiger partial charge in [0.2, 0.25) is 0 Å². The number of rotatable bonds is 2. The summed E-state index contributed by atoms with van der Waals surface area (Å²) in [5.74, 6) is 0. The van der Waals surface area contributed by atoms with Crippen molar-refractivity contribution in [2.24, 2.45) is 0 Å². The minimum atomic E-state index is 1.08. The Hall–Kier alpha value is -1.04. The van der Waals surface area contributed by atoms with E-state index >= 15 is 0 Å². The van der Waals surface area contributed by atoms with Gasteiger partial charge in [0.25, 0.3) is 0 Å². The lowest BCUT2D eigenvalue weighted by Gasteiger charge is -1.57. The minimum Gasteiger partial charge on any atom is -0.103 e. The first-order valence-electron chi connectivity index (χ1n) is 4.16. The van der Waals surface area contributed by atoms with Crippen LogP contribution >= 0.6 is 0 Å². The third-order valence-electron chi connectivity index (χ3n) is 0.789. The average molecular weight is 166 g/mol. The molecule has 0 N–H and O–H groups in total. The maximum Gasteiger partial charge on any atom is -0.0382 e. The molecule has 0 saturated carbocycles. The Kier molecular flexibility index (Phi) is 46.5. The zero-order valence-electron chi connectivity index (χ0n) is 8.72. The lowest BCUT2D eigenvalue weighted by molar-refractivity contribution is 1.23. The zero-order chi connectivity index (χ0) is 10.2. The van der Waals surface area contributed by atoms with E-state index in [1.165, 1.54) is 0 Å². The van der Waals surface area contributed by atoms with Gasteiger partial charge in [0.15, 0.2) is 0 Å². The highest BCUT2D eigenvalue weighted by Gasteiger charge is 1.45. The lowest BCUT2D eigenvalue weighted by Crippen LogP contribution is -1.36. The summed E-state index contributed by atoms with van der Waals surface area (Å²) in [6, 6.07) is 0. The summed E-state index contributed by atoms with van der Waals surface area (Å²) in [5, 5.41) is 0. The van der Waals surface area contributed by atoms with Crippen molar-refractivity contribution in [2.75, 3.05) is 0 Å². The Balaban J connectivity index is -0.000000101. The smallest absolute Gasteiger partial charge is 0.0382 e. The topological polar surface area (TPSA) is 0 Å². The van der Waals surface area contributed by atoms with Crippen molar-refractivity contribution in [2.45, 2.75) is 27.2 Å². The van der Waals surface area contributed by atoms with Crippen LogP contribution in [0, 0.1) is 0 Å². The van der Waals surface area contributed by atoms with Gasteiger partial charge in [0.05, 0.1) is 0 Å². The summed E-state index contributed by atoms with van der Waals surface area (Å²) in [6.07, 6.45) is 10.2. The van der Waals surface area contributed by atoms with Gasteiger partial charge >= 0.3 is 0 Å². The maximum atomic E-state index is 3.48. The van der Waals surface area contributed by atoms with Gasteiger partial charge in [-0.15, -0.1) is 6.58 Å². The van der Waals surface area contributed by atoms with E-state index in [2.05, 4.69) is 26.7 Å². The van der Waals surface area contributed by atoms with Crippen LogP contribution in [0.2, 0.25) is 0 Å². The molecule has 0 aliphatic rings. The largest absolute Gasteiger partial charge is 0.103 e. The van der Waals surface area contributed by atoms with Crippen LogP contribution in [0.1, 0.15) is 27.2 Å². The molecule has 70 valence electrons. The van der Waals surface area contributed by atoms with Crippen molar-refractivity contribution < 1.29 is 0 Å². The molecule has 0 radical (unpaired) electrons. The van der Waals surface area contributed by atoms with E-state index in [1.54, 1.807) is 12.2 Å². The molecule has 0 heterocycles. The van der Waals surface area contributed by atoms with Crippen molar-refractivity contribution in [1.82, 2.24) is 0 Å². The molecule has 0 bridgehead atoms. The van der Waals surface area contributed by atoms with E-state index in [-0.39, 0.29) is 0 Å². The van der Waals surface area contributed by atoms with Crippen molar-refractivity contribution in [1.29, 1.82) is 0 Å². The lowest BCUT2D eigenvalue weighted by atomic mass is 10.5. The van der Waals surface area contributed by atoms with Crippen LogP contribution in [0.5, 0.6) is 0 Å². The van der Waals surface area contributed by atoms with Gasteiger partial charge < -0.3 is 0 Å². The molecule has 0 rings (SSSR count). The molecule has 0 spiro atoms. The predicted molar refractivity (Wildman–Crippen MR) is 61.4 cm³/mol. The van der Waals surface area contributed by atoms with E-state index in [0.717, 1.165) is 6.42 Å². The highest BCUT2D eigenvalue weighted by molar-refractivity contribution is 4.88. The summed E-state index contributed by atoms with van der Waals surface area (Å²) >= 11 is 0. The number of allylic oxidation sites excluding steroid dienone is 5. The fourth-order valence-corrected chi connectivity index (χ4v) is 0. The second kappa shape index (κ2) is 32.5. The summed E-state index contributed by atoms with van der Waals surface area (Å²) in [4.78, 5) is 0. The van der Waals surface area contributed by atoms with Gasteiger partial charge in [-0.1, -0.05) is 50.5 Å². The Labute approximate surface area is 78.0 Å². The van der Waals surface area contributed by atoms with Gasteiger partial charge in [-0.3, -0.25) is 0 Å². The molecule has 0 heteroatoms. The molecule has 0 nitrogen and oxygen atoms in total. The molecule has 0 atom stereocenters. The van der Waals surface area contributed by atoms with Crippen molar-refractivity contribution in [3.63, 3.8) is 0 Å². The number of hydrogen-bond acceptors (Lipinski definition) is 0. The SMILES string of the molecule is C=CC=C.C=CCC.CC=CC. The van der Waals surface area contributed by atoms with Crippen molar-refractivity contribution in [3.05, 3.63) is 50.1 Å². The first-order valence-corrected chi connectivity index (χ1v) is 4.16. The molecular formula is C12H22. The maximum absolute atomic E-state index is 3.48. The van der Waals surface area contributed by atoms with Crippen molar-refractivity contribution >= 4 is 0 Å². The van der Waals surface area contributed by atoms with E-state index < -0.39 is 0 Å². The predicted octanol–water partition coefficient (Wildman–Crippen LogP) is 4.52. The summed E-state index contributed by atoms with van der Waals surface area (Å²) in [6.45, 7) is 16.3. The van der Waals surface area contributed by atoms with E-state index in [0.29, 0.717) is 0 Å². The van der Waals surface area contributed by atoms with Crippen molar-refractivity contribution in [3.8, 4) is 0 Å². The summed E-state index contributed by atoms with van der Waals surface area (Å²) < 4.78 is 0. The van der Waals surface area contributed by atoms with E-state index in [9.17, 15) is 0 Å². The highest BCUT2D eigenvalue weighted by atomic mass is 13.5. The van der Waals surface area contributed by atoms with Gasteiger partial charge in [-0.25, -0.2) is 0 Å². The van der Waals surface area contributed by atoms with Gasteiger partial charge in [0.1, 0.15) is 0 Å². The van der Waals surface area contributed by atoms with Crippen LogP contribution < -0.4 is 0 Å². The third-order valence-corrected chi connectivity index (χ3v) is 0.789. The quantitative estimate of drug-likeness (QED) is 0.418. The molecular weight excluding hydrogens is 144 g/mol. The fraction of sp³-hybridized carbons (Fsp3) is 0.333. The molecule has 0 aliphatic carbocycles. The minimum absolute atomic E-state index is 1.08.